The first-order chi connectivity index (χ1) is 9.47. The highest BCUT2D eigenvalue weighted by Gasteiger charge is 2.30. The number of carbonyl (C=O) groups is 2. The molecule has 1 atom stereocenters. The second kappa shape index (κ2) is 6.46. The van der Waals surface area contributed by atoms with Crippen molar-refractivity contribution < 1.29 is 9.59 Å². The van der Waals surface area contributed by atoms with Gasteiger partial charge in [-0.05, 0) is 24.1 Å². The van der Waals surface area contributed by atoms with Crippen LogP contribution in [0.2, 0.25) is 10.0 Å². The maximum Gasteiger partial charge on any atom is 0.223 e. The molecule has 1 aliphatic heterocycles. The Morgan fingerprint density at radius 2 is 2.10 bits per heavy atom. The monoisotopic (exact) mass is 314 g/mol. The predicted octanol–water partition coefficient (Wildman–Crippen LogP) is 2.57. The molecule has 2 rings (SSSR count). The van der Waals surface area contributed by atoms with E-state index in [0.717, 1.165) is 5.56 Å². The first-order valence-corrected chi connectivity index (χ1v) is 7.24. The van der Waals surface area contributed by atoms with Gasteiger partial charge >= 0.3 is 0 Å². The van der Waals surface area contributed by atoms with Gasteiger partial charge < -0.3 is 10.6 Å². The highest BCUT2D eigenvalue weighted by atomic mass is 35.5. The Morgan fingerprint density at radius 1 is 1.35 bits per heavy atom. The van der Waals surface area contributed by atoms with Gasteiger partial charge in [0.1, 0.15) is 0 Å². The van der Waals surface area contributed by atoms with E-state index >= 15 is 0 Å². The van der Waals surface area contributed by atoms with Crippen LogP contribution in [0.4, 0.5) is 0 Å². The molecule has 1 heterocycles. The highest BCUT2D eigenvalue weighted by molar-refractivity contribution is 6.42. The molecule has 0 saturated carbocycles. The van der Waals surface area contributed by atoms with Crippen LogP contribution < -0.4 is 5.73 Å². The van der Waals surface area contributed by atoms with Crippen LogP contribution in [0.15, 0.2) is 18.2 Å². The molecule has 0 radical (unpaired) electrons. The second-order valence-corrected chi connectivity index (χ2v) is 5.80. The van der Waals surface area contributed by atoms with Crippen molar-refractivity contribution in [3.8, 4) is 0 Å². The van der Waals surface area contributed by atoms with Crippen LogP contribution in [-0.4, -0.2) is 29.8 Å². The number of hydrogen-bond donors (Lipinski definition) is 1. The van der Waals surface area contributed by atoms with Gasteiger partial charge in [0.2, 0.25) is 11.8 Å². The molecular weight excluding hydrogens is 299 g/mol. The van der Waals surface area contributed by atoms with Crippen molar-refractivity contribution in [2.45, 2.75) is 25.2 Å². The van der Waals surface area contributed by atoms with Gasteiger partial charge in [-0.3, -0.25) is 9.59 Å². The summed E-state index contributed by atoms with van der Waals surface area (Å²) in [5.41, 5.74) is 6.11. The van der Waals surface area contributed by atoms with E-state index in [-0.39, 0.29) is 17.7 Å². The number of primary amides is 1. The Morgan fingerprint density at radius 3 is 2.75 bits per heavy atom. The van der Waals surface area contributed by atoms with Gasteiger partial charge in [0.05, 0.1) is 10.0 Å². The molecule has 0 bridgehead atoms. The second-order valence-electron chi connectivity index (χ2n) is 4.98. The molecule has 2 amide bonds. The van der Waals surface area contributed by atoms with E-state index in [1.54, 1.807) is 11.0 Å². The zero-order valence-electron chi connectivity index (χ0n) is 10.9. The smallest absolute Gasteiger partial charge is 0.223 e. The standard InChI is InChI=1S/C14H16Cl2N2O2/c15-11-4-3-9(6-12(11)16)10-7-14(20)18(8-10)5-1-2-13(17)19/h3-4,6,10H,1-2,5,7-8H2,(H2,17,19). The minimum Gasteiger partial charge on any atom is -0.370 e. The number of amides is 2. The minimum absolute atomic E-state index is 0.102. The van der Waals surface area contributed by atoms with Gasteiger partial charge in [-0.1, -0.05) is 29.3 Å². The molecule has 6 heteroatoms. The van der Waals surface area contributed by atoms with E-state index in [2.05, 4.69) is 0 Å². The third kappa shape index (κ3) is 3.64. The molecular formula is C14H16Cl2N2O2. The van der Waals surface area contributed by atoms with E-state index in [1.807, 2.05) is 12.1 Å². The average molecular weight is 315 g/mol. The van der Waals surface area contributed by atoms with Crippen LogP contribution in [0, 0.1) is 0 Å². The number of nitrogens with two attached hydrogens (primary N) is 1. The topological polar surface area (TPSA) is 63.4 Å². The number of benzene rings is 1. The van der Waals surface area contributed by atoms with Crippen molar-refractivity contribution in [2.24, 2.45) is 5.73 Å². The van der Waals surface area contributed by atoms with Crippen molar-refractivity contribution in [2.75, 3.05) is 13.1 Å². The van der Waals surface area contributed by atoms with Crippen LogP contribution in [0.1, 0.15) is 30.7 Å². The number of halogens is 2. The molecule has 1 saturated heterocycles. The molecule has 1 unspecified atom stereocenters. The summed E-state index contributed by atoms with van der Waals surface area (Å²) >= 11 is 11.9. The molecule has 4 nitrogen and oxygen atoms in total. The Labute approximate surface area is 127 Å². The van der Waals surface area contributed by atoms with Crippen LogP contribution >= 0.6 is 23.2 Å². The zero-order chi connectivity index (χ0) is 14.7. The van der Waals surface area contributed by atoms with Crippen molar-refractivity contribution in [1.29, 1.82) is 0 Å². The summed E-state index contributed by atoms with van der Waals surface area (Å²) in [6.45, 7) is 1.22. The SMILES string of the molecule is NC(=O)CCCN1CC(c2ccc(Cl)c(Cl)c2)CC1=O. The van der Waals surface area contributed by atoms with Gasteiger partial charge in [0, 0.05) is 31.8 Å². The van der Waals surface area contributed by atoms with E-state index in [1.165, 1.54) is 0 Å². The van der Waals surface area contributed by atoms with E-state index in [4.69, 9.17) is 28.9 Å². The van der Waals surface area contributed by atoms with Crippen LogP contribution in [0.25, 0.3) is 0 Å². The Bertz CT molecular complexity index is 534. The number of carbonyl (C=O) groups excluding carboxylic acids is 2. The summed E-state index contributed by atoms with van der Waals surface area (Å²) in [5.74, 6) is -0.103. The summed E-state index contributed by atoms with van der Waals surface area (Å²) in [7, 11) is 0. The fraction of sp³-hybridized carbons (Fsp3) is 0.429. The van der Waals surface area contributed by atoms with Crippen molar-refractivity contribution in [1.82, 2.24) is 4.90 Å². The lowest BCUT2D eigenvalue weighted by Crippen LogP contribution is -2.27. The summed E-state index contributed by atoms with van der Waals surface area (Å²) < 4.78 is 0. The molecule has 1 fully saturated rings. The fourth-order valence-corrected chi connectivity index (χ4v) is 2.73. The number of hydrogen-bond acceptors (Lipinski definition) is 2. The van der Waals surface area contributed by atoms with Gasteiger partial charge in [-0.15, -0.1) is 0 Å². The first kappa shape index (κ1) is 15.1. The zero-order valence-corrected chi connectivity index (χ0v) is 12.5. The fourth-order valence-electron chi connectivity index (χ4n) is 2.42. The molecule has 108 valence electrons. The Hall–Kier alpha value is -1.26. The molecule has 2 N–H and O–H groups in total. The molecule has 0 aromatic heterocycles. The molecule has 20 heavy (non-hydrogen) atoms. The average Bonchev–Trinajstić information content (AvgIpc) is 2.74. The third-order valence-electron chi connectivity index (χ3n) is 3.48. The number of likely N-dealkylation sites (tertiary alicyclic amines) is 1. The summed E-state index contributed by atoms with van der Waals surface area (Å²) in [6, 6.07) is 5.47. The van der Waals surface area contributed by atoms with Gasteiger partial charge in [-0.2, -0.15) is 0 Å². The number of nitrogens with zero attached hydrogens (tertiary/aromatic N) is 1. The quantitative estimate of drug-likeness (QED) is 0.907. The first-order valence-electron chi connectivity index (χ1n) is 6.48. The van der Waals surface area contributed by atoms with E-state index < -0.39 is 0 Å². The lowest BCUT2D eigenvalue weighted by Gasteiger charge is -2.16. The minimum atomic E-state index is -0.335. The van der Waals surface area contributed by atoms with Crippen LogP contribution in [-0.2, 0) is 9.59 Å². The third-order valence-corrected chi connectivity index (χ3v) is 4.22. The summed E-state index contributed by atoms with van der Waals surface area (Å²) in [4.78, 5) is 24.4. The largest absolute Gasteiger partial charge is 0.370 e. The molecule has 1 aromatic carbocycles. The van der Waals surface area contributed by atoms with Crippen molar-refractivity contribution >= 4 is 35.0 Å². The van der Waals surface area contributed by atoms with E-state index in [0.29, 0.717) is 42.4 Å². The van der Waals surface area contributed by atoms with Crippen molar-refractivity contribution in [3.05, 3.63) is 33.8 Å². The van der Waals surface area contributed by atoms with E-state index in [9.17, 15) is 9.59 Å². The highest BCUT2D eigenvalue weighted by Crippen LogP contribution is 2.32. The lowest BCUT2D eigenvalue weighted by molar-refractivity contribution is -0.128. The maximum atomic E-state index is 11.9. The molecule has 1 aliphatic rings. The summed E-state index contributed by atoms with van der Waals surface area (Å²) in [5, 5.41) is 1.02. The molecule has 0 aliphatic carbocycles. The van der Waals surface area contributed by atoms with Crippen LogP contribution in [0.5, 0.6) is 0 Å². The molecule has 1 aromatic rings. The Kier molecular flexibility index (Phi) is 4.89. The predicted molar refractivity (Wildman–Crippen MR) is 78.8 cm³/mol. The number of rotatable bonds is 5. The van der Waals surface area contributed by atoms with Gasteiger partial charge in [-0.25, -0.2) is 0 Å². The summed E-state index contributed by atoms with van der Waals surface area (Å²) in [6.07, 6.45) is 1.38. The van der Waals surface area contributed by atoms with Gasteiger partial charge in [0.25, 0.3) is 0 Å². The van der Waals surface area contributed by atoms with Crippen LogP contribution in [0.3, 0.4) is 0 Å². The Balaban J connectivity index is 1.97. The molecule has 0 spiro atoms. The lowest BCUT2D eigenvalue weighted by atomic mass is 9.98. The van der Waals surface area contributed by atoms with Gasteiger partial charge in [0.15, 0.2) is 0 Å². The maximum absolute atomic E-state index is 11.9. The normalized spacial score (nSPS) is 18.6. The van der Waals surface area contributed by atoms with Crippen molar-refractivity contribution in [3.63, 3.8) is 0 Å².